The van der Waals surface area contributed by atoms with Crippen LogP contribution < -0.4 is 5.32 Å². The van der Waals surface area contributed by atoms with E-state index in [2.05, 4.69) is 25.5 Å². The van der Waals surface area contributed by atoms with Crippen molar-refractivity contribution in [2.75, 3.05) is 11.1 Å². The number of benzene rings is 2. The Kier molecular flexibility index (Phi) is 5.38. The van der Waals surface area contributed by atoms with Gasteiger partial charge < -0.3 is 14.7 Å². The highest BCUT2D eigenvalue weighted by atomic mass is 32.2. The molecule has 0 fully saturated rings. The van der Waals surface area contributed by atoms with Gasteiger partial charge in [-0.05, 0) is 36.8 Å². The maximum absolute atomic E-state index is 12.1. The molecular weight excluding hydrogens is 374 g/mol. The van der Waals surface area contributed by atoms with Crippen LogP contribution in [0.1, 0.15) is 17.3 Å². The number of carbonyl (C=O) groups is 1. The topological polar surface area (TPSA) is 96.7 Å². The predicted molar refractivity (Wildman–Crippen MR) is 108 cm³/mol. The van der Waals surface area contributed by atoms with Gasteiger partial charge in [0.25, 0.3) is 5.22 Å². The molecule has 28 heavy (non-hydrogen) atoms. The van der Waals surface area contributed by atoms with Crippen molar-refractivity contribution in [3.05, 3.63) is 65.8 Å². The zero-order valence-corrected chi connectivity index (χ0v) is 16.1. The minimum Gasteiger partial charge on any atom is -0.416 e. The number of anilines is 1. The Balaban J connectivity index is 1.27. The fourth-order valence-corrected chi connectivity index (χ4v) is 3.37. The third-order valence-corrected chi connectivity index (χ3v) is 4.91. The lowest BCUT2D eigenvalue weighted by Crippen LogP contribution is -2.13. The second kappa shape index (κ2) is 8.26. The van der Waals surface area contributed by atoms with Crippen LogP contribution in [0.2, 0.25) is 0 Å². The van der Waals surface area contributed by atoms with Gasteiger partial charge in [-0.2, -0.15) is 0 Å². The summed E-state index contributed by atoms with van der Waals surface area (Å²) in [6.07, 6.45) is 1.26. The zero-order chi connectivity index (χ0) is 19.3. The van der Waals surface area contributed by atoms with Crippen molar-refractivity contribution in [3.8, 4) is 0 Å². The van der Waals surface area contributed by atoms with Crippen LogP contribution in [0.4, 0.5) is 5.69 Å². The number of aromatic nitrogens is 4. The molecule has 0 aliphatic rings. The first-order valence-corrected chi connectivity index (χ1v) is 9.89. The number of aryl methyl sites for hydroxylation is 3. The van der Waals surface area contributed by atoms with Gasteiger partial charge in [-0.15, -0.1) is 10.2 Å². The first-order valence-electron chi connectivity index (χ1n) is 8.91. The molecule has 2 aromatic heterocycles. The molecule has 1 amide bonds. The molecule has 7 nitrogen and oxygen atoms in total. The Morgan fingerprint density at radius 2 is 2.04 bits per heavy atom. The molecular formula is C20H19N5O2S. The Hall–Kier alpha value is -3.13. The normalized spacial score (nSPS) is 11.0. The number of fused-ring (bicyclic) bond motifs is 1. The molecule has 0 unspecified atom stereocenters. The van der Waals surface area contributed by atoms with E-state index in [-0.39, 0.29) is 11.7 Å². The van der Waals surface area contributed by atoms with Crippen LogP contribution in [0, 0.1) is 6.92 Å². The maximum Gasteiger partial charge on any atom is 0.277 e. The van der Waals surface area contributed by atoms with Gasteiger partial charge in [0.1, 0.15) is 5.82 Å². The van der Waals surface area contributed by atoms with Crippen LogP contribution in [0.3, 0.4) is 0 Å². The van der Waals surface area contributed by atoms with Crippen LogP contribution in [-0.2, 0) is 17.6 Å². The first kappa shape index (κ1) is 18.2. The number of carbonyl (C=O) groups excluding carboxylic acids is 1. The largest absolute Gasteiger partial charge is 0.416 e. The molecule has 8 heteroatoms. The van der Waals surface area contributed by atoms with Crippen LogP contribution in [0.15, 0.2) is 58.2 Å². The second-order valence-corrected chi connectivity index (χ2v) is 7.30. The Morgan fingerprint density at radius 3 is 2.89 bits per heavy atom. The molecule has 4 aromatic rings. The lowest BCUT2D eigenvalue weighted by molar-refractivity contribution is -0.113. The number of hydrogen-bond donors (Lipinski definition) is 2. The van der Waals surface area contributed by atoms with Crippen molar-refractivity contribution in [1.82, 2.24) is 20.2 Å². The number of amides is 1. The molecule has 0 aliphatic carbocycles. The summed E-state index contributed by atoms with van der Waals surface area (Å²) in [6, 6.07) is 15.6. The van der Waals surface area contributed by atoms with Crippen molar-refractivity contribution in [2.24, 2.45) is 0 Å². The van der Waals surface area contributed by atoms with E-state index < -0.39 is 0 Å². The van der Waals surface area contributed by atoms with Crippen molar-refractivity contribution >= 4 is 34.4 Å². The Labute approximate surface area is 166 Å². The molecule has 0 radical (unpaired) electrons. The quantitative estimate of drug-likeness (QED) is 0.464. The van der Waals surface area contributed by atoms with Crippen LogP contribution in [0.25, 0.3) is 11.0 Å². The predicted octanol–water partition coefficient (Wildman–Crippen LogP) is 3.77. The average Bonchev–Trinajstić information content (AvgIpc) is 3.31. The van der Waals surface area contributed by atoms with E-state index in [9.17, 15) is 4.79 Å². The number of thioether (sulfide) groups is 1. The van der Waals surface area contributed by atoms with Crippen molar-refractivity contribution in [1.29, 1.82) is 0 Å². The van der Waals surface area contributed by atoms with Gasteiger partial charge in [-0.3, -0.25) is 4.79 Å². The fraction of sp³-hybridized carbons (Fsp3) is 0.200. The highest BCUT2D eigenvalue weighted by Gasteiger charge is 2.11. The van der Waals surface area contributed by atoms with Crippen molar-refractivity contribution in [2.45, 2.75) is 25.0 Å². The van der Waals surface area contributed by atoms with E-state index in [0.29, 0.717) is 24.0 Å². The van der Waals surface area contributed by atoms with Crippen LogP contribution in [0.5, 0.6) is 0 Å². The molecule has 0 aliphatic heterocycles. The average molecular weight is 393 g/mol. The molecule has 0 atom stereocenters. The summed E-state index contributed by atoms with van der Waals surface area (Å²) in [5.41, 5.74) is 3.83. The maximum atomic E-state index is 12.1. The van der Waals surface area contributed by atoms with Gasteiger partial charge >= 0.3 is 0 Å². The lowest BCUT2D eigenvalue weighted by atomic mass is 10.2. The summed E-state index contributed by atoms with van der Waals surface area (Å²) in [7, 11) is 0. The summed E-state index contributed by atoms with van der Waals surface area (Å²) in [5, 5.41) is 11.3. The van der Waals surface area contributed by atoms with Crippen LogP contribution >= 0.6 is 11.8 Å². The van der Waals surface area contributed by atoms with E-state index in [0.717, 1.165) is 28.1 Å². The van der Waals surface area contributed by atoms with E-state index in [1.807, 2.05) is 55.5 Å². The van der Waals surface area contributed by atoms with Crippen molar-refractivity contribution < 1.29 is 9.21 Å². The van der Waals surface area contributed by atoms with Crippen molar-refractivity contribution in [3.63, 3.8) is 0 Å². The zero-order valence-electron chi connectivity index (χ0n) is 15.3. The number of nitrogens with one attached hydrogen (secondary N) is 2. The number of aromatic amines is 1. The number of para-hydroxylation sites is 2. The summed E-state index contributed by atoms with van der Waals surface area (Å²) in [4.78, 5) is 19.9. The molecule has 0 saturated heterocycles. The van der Waals surface area contributed by atoms with Gasteiger partial charge in [-0.1, -0.05) is 36.0 Å². The smallest absolute Gasteiger partial charge is 0.277 e. The van der Waals surface area contributed by atoms with Crippen LogP contribution in [-0.4, -0.2) is 31.8 Å². The second-order valence-electron chi connectivity index (χ2n) is 6.37. The Morgan fingerprint density at radius 1 is 1.14 bits per heavy atom. The molecule has 0 saturated carbocycles. The summed E-state index contributed by atoms with van der Waals surface area (Å²) in [5.74, 6) is 1.50. The summed E-state index contributed by atoms with van der Waals surface area (Å²) in [6.45, 7) is 1.98. The molecule has 0 spiro atoms. The number of imidazole rings is 1. The first-order chi connectivity index (χ1) is 13.7. The van der Waals surface area contributed by atoms with E-state index in [1.165, 1.54) is 11.8 Å². The highest BCUT2D eigenvalue weighted by molar-refractivity contribution is 7.99. The van der Waals surface area contributed by atoms with Gasteiger partial charge in [0.15, 0.2) is 0 Å². The molecule has 142 valence electrons. The summed E-state index contributed by atoms with van der Waals surface area (Å²) >= 11 is 1.22. The fourth-order valence-electron chi connectivity index (χ4n) is 2.79. The van der Waals surface area contributed by atoms with Gasteiger partial charge in [0, 0.05) is 18.5 Å². The minimum absolute atomic E-state index is 0.113. The Bertz CT molecular complexity index is 1070. The minimum atomic E-state index is -0.113. The molecule has 2 heterocycles. The summed E-state index contributed by atoms with van der Waals surface area (Å²) < 4.78 is 5.62. The number of H-pyrrole nitrogens is 1. The molecule has 4 rings (SSSR count). The third kappa shape index (κ3) is 4.58. The third-order valence-electron chi connectivity index (χ3n) is 4.09. The number of nitrogens with zero attached hydrogens (tertiary/aromatic N) is 3. The van der Waals surface area contributed by atoms with E-state index in [4.69, 9.17) is 4.42 Å². The molecule has 2 N–H and O–H groups in total. The molecule has 2 aromatic carbocycles. The standard InChI is InChI=1S/C20H19N5O2S/c1-13-5-4-6-14(11-13)21-18(26)12-28-20-25-24-19(27-20)10-9-17-22-15-7-2-3-8-16(15)23-17/h2-8,11H,9-10,12H2,1H3,(H,21,26)(H,22,23). The van der Waals surface area contributed by atoms with Gasteiger partial charge in [0.05, 0.1) is 16.8 Å². The van der Waals surface area contributed by atoms with Gasteiger partial charge in [0.2, 0.25) is 11.8 Å². The number of hydrogen-bond acceptors (Lipinski definition) is 6. The van der Waals surface area contributed by atoms with E-state index in [1.54, 1.807) is 0 Å². The van der Waals surface area contributed by atoms with E-state index >= 15 is 0 Å². The lowest BCUT2D eigenvalue weighted by Gasteiger charge is -2.04. The molecule has 0 bridgehead atoms. The SMILES string of the molecule is Cc1cccc(NC(=O)CSc2nnc(CCc3nc4ccccc4[nH]3)o2)c1. The monoisotopic (exact) mass is 393 g/mol. The van der Waals surface area contributed by atoms with Gasteiger partial charge in [-0.25, -0.2) is 4.98 Å². The highest BCUT2D eigenvalue weighted by Crippen LogP contribution is 2.18. The number of rotatable bonds is 7.